The quantitative estimate of drug-likeness (QED) is 0.0586. The van der Waals surface area contributed by atoms with Crippen molar-refractivity contribution in [1.29, 1.82) is 0 Å². The minimum absolute atomic E-state index is 0.146. The first-order chi connectivity index (χ1) is 20.2. The number of esters is 1. The molecule has 0 atom stereocenters. The molecule has 12 heteroatoms. The lowest BCUT2D eigenvalue weighted by molar-refractivity contribution is -0.140. The average Bonchev–Trinajstić information content (AvgIpc) is 2.96. The zero-order valence-electron chi connectivity index (χ0n) is 21.9. The van der Waals surface area contributed by atoms with Crippen LogP contribution < -0.4 is 24.4 Å². The Bertz CT molecular complexity index is 1530. The first kappa shape index (κ1) is 31.0. The molecule has 0 bridgehead atoms. The molecule has 4 aromatic carbocycles. The van der Waals surface area contributed by atoms with Gasteiger partial charge in [-0.2, -0.15) is 5.10 Å². The molecule has 0 radical (unpaired) electrons. The SMILES string of the molecule is CCOc1cc(/C=N/NC(=O)C(Oc2ccc(Cl)cc2)Oc2ccc(Cl)cc2)ccc1OC(=O)c1ccc(Cl)cc1Cl. The molecule has 1 amide bonds. The molecule has 0 saturated carbocycles. The Hall–Kier alpha value is -3.95. The summed E-state index contributed by atoms with van der Waals surface area (Å²) < 4.78 is 22.6. The van der Waals surface area contributed by atoms with Gasteiger partial charge in [0.2, 0.25) is 0 Å². The van der Waals surface area contributed by atoms with Gasteiger partial charge in [-0.3, -0.25) is 4.79 Å². The summed E-state index contributed by atoms with van der Waals surface area (Å²) >= 11 is 23.9. The first-order valence-corrected chi connectivity index (χ1v) is 13.8. The van der Waals surface area contributed by atoms with E-state index < -0.39 is 18.2 Å². The van der Waals surface area contributed by atoms with Crippen molar-refractivity contribution in [3.63, 3.8) is 0 Å². The molecule has 4 rings (SSSR count). The van der Waals surface area contributed by atoms with E-state index in [4.69, 9.17) is 65.4 Å². The summed E-state index contributed by atoms with van der Waals surface area (Å²) in [7, 11) is 0. The molecule has 8 nitrogen and oxygen atoms in total. The van der Waals surface area contributed by atoms with E-state index in [1.165, 1.54) is 30.5 Å². The summed E-state index contributed by atoms with van der Waals surface area (Å²) in [5.74, 6) is -0.221. The summed E-state index contributed by atoms with van der Waals surface area (Å²) in [6, 6.07) is 22.1. The van der Waals surface area contributed by atoms with Gasteiger partial charge in [-0.25, -0.2) is 10.2 Å². The molecule has 0 aliphatic heterocycles. The predicted octanol–water partition coefficient (Wildman–Crippen LogP) is 7.85. The highest BCUT2D eigenvalue weighted by Gasteiger charge is 2.23. The molecule has 0 heterocycles. The van der Waals surface area contributed by atoms with E-state index in [0.29, 0.717) is 38.7 Å². The van der Waals surface area contributed by atoms with Crippen LogP contribution in [-0.4, -0.2) is 31.0 Å². The van der Waals surface area contributed by atoms with Crippen LogP contribution in [0.1, 0.15) is 22.8 Å². The van der Waals surface area contributed by atoms with Crippen LogP contribution in [0.3, 0.4) is 0 Å². The summed E-state index contributed by atoms with van der Waals surface area (Å²) in [5.41, 5.74) is 3.09. The fourth-order valence-corrected chi connectivity index (χ4v) is 4.13. The van der Waals surface area contributed by atoms with E-state index in [0.717, 1.165) is 0 Å². The number of nitrogens with one attached hydrogen (secondary N) is 1. The molecule has 42 heavy (non-hydrogen) atoms. The van der Waals surface area contributed by atoms with Crippen LogP contribution >= 0.6 is 46.4 Å². The number of nitrogens with zero attached hydrogens (tertiary/aromatic N) is 1. The van der Waals surface area contributed by atoms with Gasteiger partial charge in [0.15, 0.2) is 11.5 Å². The van der Waals surface area contributed by atoms with Crippen molar-refractivity contribution in [3.8, 4) is 23.0 Å². The Morgan fingerprint density at radius 2 is 1.38 bits per heavy atom. The summed E-state index contributed by atoms with van der Waals surface area (Å²) in [6.07, 6.45) is -0.0195. The fourth-order valence-electron chi connectivity index (χ4n) is 3.40. The van der Waals surface area contributed by atoms with Crippen LogP contribution in [0, 0.1) is 0 Å². The second-order valence-electron chi connectivity index (χ2n) is 8.36. The Kier molecular flexibility index (Phi) is 10.9. The van der Waals surface area contributed by atoms with Crippen molar-refractivity contribution < 1.29 is 28.5 Å². The number of rotatable bonds is 11. The lowest BCUT2D eigenvalue weighted by atomic mass is 10.2. The zero-order chi connectivity index (χ0) is 30.1. The minimum Gasteiger partial charge on any atom is -0.490 e. The van der Waals surface area contributed by atoms with Crippen LogP contribution in [0.15, 0.2) is 90.0 Å². The molecule has 0 aliphatic rings. The molecule has 0 aromatic heterocycles. The van der Waals surface area contributed by atoms with Gasteiger partial charge in [0.05, 0.1) is 23.4 Å². The van der Waals surface area contributed by atoms with Crippen molar-refractivity contribution in [2.45, 2.75) is 13.2 Å². The Balaban J connectivity index is 1.46. The lowest BCUT2D eigenvalue weighted by Gasteiger charge is -2.19. The molecular formula is C30H22Cl4N2O6. The van der Waals surface area contributed by atoms with Crippen molar-refractivity contribution in [1.82, 2.24) is 5.43 Å². The van der Waals surface area contributed by atoms with Gasteiger partial charge >= 0.3 is 18.2 Å². The summed E-state index contributed by atoms with van der Waals surface area (Å²) in [6.45, 7) is 2.08. The van der Waals surface area contributed by atoms with Crippen LogP contribution in [-0.2, 0) is 4.79 Å². The zero-order valence-corrected chi connectivity index (χ0v) is 24.9. The average molecular weight is 648 g/mol. The van der Waals surface area contributed by atoms with Crippen molar-refractivity contribution in [2.75, 3.05) is 6.61 Å². The van der Waals surface area contributed by atoms with E-state index in [9.17, 15) is 9.59 Å². The highest BCUT2D eigenvalue weighted by Crippen LogP contribution is 2.30. The standard InChI is InChI=1S/C30H22Cl4N2O6/c1-2-39-27-15-18(3-14-26(27)42-29(38)24-13-8-21(33)16-25(24)34)17-35-36-28(37)30(40-22-9-4-19(31)5-10-22)41-23-11-6-20(32)7-12-23/h3-17,30H,2H2,1H3,(H,36,37)/b35-17+. The number of benzene rings is 4. The highest BCUT2D eigenvalue weighted by molar-refractivity contribution is 6.36. The van der Waals surface area contributed by atoms with Gasteiger partial charge in [-0.15, -0.1) is 0 Å². The Labute approximate surface area is 261 Å². The van der Waals surface area contributed by atoms with Gasteiger partial charge in [0, 0.05) is 15.1 Å². The minimum atomic E-state index is -1.40. The van der Waals surface area contributed by atoms with Crippen molar-refractivity contribution in [3.05, 3.63) is 116 Å². The smallest absolute Gasteiger partial charge is 0.345 e. The molecular weight excluding hydrogens is 626 g/mol. The van der Waals surface area contributed by atoms with E-state index >= 15 is 0 Å². The summed E-state index contributed by atoms with van der Waals surface area (Å²) in [5, 5.41) is 5.57. The molecule has 0 unspecified atom stereocenters. The molecule has 0 fully saturated rings. The summed E-state index contributed by atoms with van der Waals surface area (Å²) in [4.78, 5) is 25.7. The topological polar surface area (TPSA) is 95.5 Å². The largest absolute Gasteiger partial charge is 0.490 e. The van der Waals surface area contributed by atoms with Crippen molar-refractivity contribution in [2.24, 2.45) is 5.10 Å². The maximum Gasteiger partial charge on any atom is 0.345 e. The van der Waals surface area contributed by atoms with E-state index in [1.807, 2.05) is 0 Å². The van der Waals surface area contributed by atoms with Crippen LogP contribution in [0.25, 0.3) is 0 Å². The second-order valence-corrected chi connectivity index (χ2v) is 10.1. The normalized spacial score (nSPS) is 10.9. The molecule has 216 valence electrons. The number of halogens is 4. The predicted molar refractivity (Wildman–Crippen MR) is 163 cm³/mol. The number of hydrogen-bond donors (Lipinski definition) is 1. The molecule has 0 aliphatic carbocycles. The monoisotopic (exact) mass is 646 g/mol. The van der Waals surface area contributed by atoms with E-state index in [-0.39, 0.29) is 22.1 Å². The van der Waals surface area contributed by atoms with Crippen molar-refractivity contribution >= 4 is 64.5 Å². The van der Waals surface area contributed by atoms with E-state index in [2.05, 4.69) is 10.5 Å². The lowest BCUT2D eigenvalue weighted by Crippen LogP contribution is -2.40. The third kappa shape index (κ3) is 8.77. The highest BCUT2D eigenvalue weighted by atomic mass is 35.5. The first-order valence-electron chi connectivity index (χ1n) is 12.3. The van der Waals surface area contributed by atoms with Gasteiger partial charge in [-0.05, 0) is 97.4 Å². The number of carbonyl (C=O) groups excluding carboxylic acids is 2. The molecule has 0 spiro atoms. The van der Waals surface area contributed by atoms with Crippen LogP contribution in [0.5, 0.6) is 23.0 Å². The third-order valence-corrected chi connectivity index (χ3v) is 6.39. The Morgan fingerprint density at radius 3 is 1.95 bits per heavy atom. The second kappa shape index (κ2) is 14.8. The van der Waals surface area contributed by atoms with Gasteiger partial charge < -0.3 is 18.9 Å². The third-order valence-electron chi connectivity index (χ3n) is 5.34. The number of hydrazone groups is 1. The molecule has 4 aromatic rings. The maximum atomic E-state index is 13.0. The number of hydrogen-bond acceptors (Lipinski definition) is 7. The fraction of sp³-hybridized carbons (Fsp3) is 0.100. The van der Waals surface area contributed by atoms with Gasteiger partial charge in [-0.1, -0.05) is 46.4 Å². The van der Waals surface area contributed by atoms with Gasteiger partial charge in [0.25, 0.3) is 0 Å². The molecule has 1 N–H and O–H groups in total. The van der Waals surface area contributed by atoms with E-state index in [1.54, 1.807) is 67.6 Å². The van der Waals surface area contributed by atoms with Crippen LogP contribution in [0.2, 0.25) is 20.1 Å². The maximum absolute atomic E-state index is 13.0. The number of ether oxygens (including phenoxy) is 4. The van der Waals surface area contributed by atoms with Crippen LogP contribution in [0.4, 0.5) is 0 Å². The Morgan fingerprint density at radius 1 is 0.786 bits per heavy atom. The number of carbonyl (C=O) groups is 2. The van der Waals surface area contributed by atoms with Gasteiger partial charge in [0.1, 0.15) is 11.5 Å². The number of amides is 1. The molecule has 0 saturated heterocycles.